The van der Waals surface area contributed by atoms with Gasteiger partial charge in [0.1, 0.15) is 0 Å². The van der Waals surface area contributed by atoms with Crippen LogP contribution in [0.4, 0.5) is 4.79 Å². The molecule has 0 saturated carbocycles. The SMILES string of the molecule is CCC(C)CN(C)C(=O)NCCc1cccc(C(=O)O)c1. The molecule has 0 aliphatic heterocycles. The van der Waals surface area contributed by atoms with Crippen LogP contribution in [0.25, 0.3) is 0 Å². The molecule has 5 nitrogen and oxygen atoms in total. The monoisotopic (exact) mass is 292 g/mol. The van der Waals surface area contributed by atoms with Crippen molar-refractivity contribution < 1.29 is 14.7 Å². The highest BCUT2D eigenvalue weighted by Crippen LogP contribution is 2.06. The van der Waals surface area contributed by atoms with E-state index >= 15 is 0 Å². The van der Waals surface area contributed by atoms with E-state index in [9.17, 15) is 9.59 Å². The number of carboxylic acids is 1. The minimum atomic E-state index is -0.936. The normalized spacial score (nSPS) is 11.8. The topological polar surface area (TPSA) is 69.6 Å². The van der Waals surface area contributed by atoms with Crippen LogP contribution in [0.2, 0.25) is 0 Å². The van der Waals surface area contributed by atoms with Gasteiger partial charge in [-0.25, -0.2) is 9.59 Å². The summed E-state index contributed by atoms with van der Waals surface area (Å²) in [7, 11) is 1.78. The lowest BCUT2D eigenvalue weighted by Gasteiger charge is -2.21. The van der Waals surface area contributed by atoms with Gasteiger partial charge in [-0.15, -0.1) is 0 Å². The fourth-order valence-corrected chi connectivity index (χ4v) is 1.99. The third kappa shape index (κ3) is 5.85. The second-order valence-electron chi connectivity index (χ2n) is 5.38. The largest absolute Gasteiger partial charge is 0.478 e. The van der Waals surface area contributed by atoms with Crippen molar-refractivity contribution >= 4 is 12.0 Å². The maximum Gasteiger partial charge on any atom is 0.335 e. The van der Waals surface area contributed by atoms with E-state index in [0.29, 0.717) is 18.9 Å². The number of carboxylic acid groups (broad SMARTS) is 1. The number of carbonyl (C=O) groups is 2. The molecule has 0 aliphatic carbocycles. The van der Waals surface area contributed by atoms with Crippen molar-refractivity contribution in [1.82, 2.24) is 10.2 Å². The molecule has 0 aromatic heterocycles. The van der Waals surface area contributed by atoms with Gasteiger partial charge in [0.15, 0.2) is 0 Å². The van der Waals surface area contributed by atoms with Crippen molar-refractivity contribution in [3.8, 4) is 0 Å². The standard InChI is InChI=1S/C16H24N2O3/c1-4-12(2)11-18(3)16(21)17-9-8-13-6-5-7-14(10-13)15(19)20/h5-7,10,12H,4,8-9,11H2,1-3H3,(H,17,21)(H,19,20). The number of amides is 2. The van der Waals surface area contributed by atoms with Crippen molar-refractivity contribution in [2.24, 2.45) is 5.92 Å². The highest BCUT2D eigenvalue weighted by molar-refractivity contribution is 5.87. The van der Waals surface area contributed by atoms with E-state index in [4.69, 9.17) is 5.11 Å². The third-order valence-corrected chi connectivity index (χ3v) is 3.49. The second-order valence-corrected chi connectivity index (χ2v) is 5.38. The van der Waals surface area contributed by atoms with Crippen molar-refractivity contribution in [1.29, 1.82) is 0 Å². The molecule has 2 amide bonds. The van der Waals surface area contributed by atoms with Gasteiger partial charge in [-0.2, -0.15) is 0 Å². The molecule has 21 heavy (non-hydrogen) atoms. The summed E-state index contributed by atoms with van der Waals surface area (Å²) >= 11 is 0. The first-order valence-electron chi connectivity index (χ1n) is 7.25. The van der Waals surface area contributed by atoms with E-state index in [-0.39, 0.29) is 11.6 Å². The Morgan fingerprint density at radius 3 is 2.71 bits per heavy atom. The van der Waals surface area contributed by atoms with Gasteiger partial charge >= 0.3 is 12.0 Å². The quantitative estimate of drug-likeness (QED) is 0.811. The summed E-state index contributed by atoms with van der Waals surface area (Å²) in [5, 5.41) is 11.8. The first kappa shape index (κ1) is 17.0. The minimum absolute atomic E-state index is 0.0929. The third-order valence-electron chi connectivity index (χ3n) is 3.49. The predicted octanol–water partition coefficient (Wildman–Crippen LogP) is 2.61. The van der Waals surface area contributed by atoms with E-state index in [1.54, 1.807) is 30.1 Å². The highest BCUT2D eigenvalue weighted by Gasteiger charge is 2.10. The number of aromatic carboxylic acids is 1. The summed E-state index contributed by atoms with van der Waals surface area (Å²) in [6.45, 7) is 5.44. The van der Waals surface area contributed by atoms with E-state index in [2.05, 4.69) is 19.2 Å². The Hall–Kier alpha value is -2.04. The molecule has 1 rings (SSSR count). The Morgan fingerprint density at radius 1 is 1.38 bits per heavy atom. The molecule has 0 spiro atoms. The first-order chi connectivity index (χ1) is 9.93. The van der Waals surface area contributed by atoms with Crippen molar-refractivity contribution in [3.05, 3.63) is 35.4 Å². The molecule has 1 aromatic rings. The zero-order valence-corrected chi connectivity index (χ0v) is 12.9. The van der Waals surface area contributed by atoms with Crippen LogP contribution in [0.15, 0.2) is 24.3 Å². The number of hydrogen-bond acceptors (Lipinski definition) is 2. The molecule has 1 atom stereocenters. The molecule has 0 saturated heterocycles. The van der Waals surface area contributed by atoms with E-state index in [0.717, 1.165) is 18.5 Å². The van der Waals surface area contributed by atoms with Gasteiger partial charge in [-0.05, 0) is 30.0 Å². The molecular formula is C16H24N2O3. The van der Waals surface area contributed by atoms with Crippen LogP contribution < -0.4 is 5.32 Å². The maximum absolute atomic E-state index is 11.9. The lowest BCUT2D eigenvalue weighted by Crippen LogP contribution is -2.40. The molecule has 0 heterocycles. The summed E-state index contributed by atoms with van der Waals surface area (Å²) in [6.07, 6.45) is 1.66. The van der Waals surface area contributed by atoms with Crippen LogP contribution >= 0.6 is 0 Å². The molecule has 1 aromatic carbocycles. The molecule has 5 heteroatoms. The number of hydrogen-bond donors (Lipinski definition) is 2. The minimum Gasteiger partial charge on any atom is -0.478 e. The number of nitrogens with one attached hydrogen (secondary N) is 1. The van der Waals surface area contributed by atoms with Crippen LogP contribution in [0.3, 0.4) is 0 Å². The van der Waals surface area contributed by atoms with Crippen LogP contribution in [-0.4, -0.2) is 42.1 Å². The van der Waals surface area contributed by atoms with Crippen LogP contribution in [0.5, 0.6) is 0 Å². The smallest absolute Gasteiger partial charge is 0.335 e. The molecule has 116 valence electrons. The number of urea groups is 1. The Balaban J connectivity index is 2.41. The zero-order chi connectivity index (χ0) is 15.8. The number of carbonyl (C=O) groups excluding carboxylic acids is 1. The Bertz CT molecular complexity index is 488. The fourth-order valence-electron chi connectivity index (χ4n) is 1.99. The summed E-state index contributed by atoms with van der Waals surface area (Å²) in [5.74, 6) is -0.456. The van der Waals surface area contributed by atoms with E-state index in [1.165, 1.54) is 0 Å². The Labute approximate surface area is 126 Å². The van der Waals surface area contributed by atoms with Gasteiger partial charge in [0, 0.05) is 20.1 Å². The van der Waals surface area contributed by atoms with E-state index < -0.39 is 5.97 Å². The number of rotatable bonds is 7. The first-order valence-corrected chi connectivity index (χ1v) is 7.25. The van der Waals surface area contributed by atoms with Gasteiger partial charge in [0.2, 0.25) is 0 Å². The second kappa shape index (κ2) is 8.29. The Kier molecular flexibility index (Phi) is 6.72. The molecule has 0 aliphatic rings. The molecule has 0 fully saturated rings. The summed E-state index contributed by atoms with van der Waals surface area (Å²) in [4.78, 5) is 24.4. The van der Waals surface area contributed by atoms with Crippen molar-refractivity contribution in [2.45, 2.75) is 26.7 Å². The van der Waals surface area contributed by atoms with Gasteiger partial charge in [0.05, 0.1) is 5.56 Å². The maximum atomic E-state index is 11.9. The average molecular weight is 292 g/mol. The zero-order valence-electron chi connectivity index (χ0n) is 12.9. The van der Waals surface area contributed by atoms with Gasteiger partial charge in [-0.1, -0.05) is 32.4 Å². The fraction of sp³-hybridized carbons (Fsp3) is 0.500. The summed E-state index contributed by atoms with van der Waals surface area (Å²) in [6, 6.07) is 6.68. The highest BCUT2D eigenvalue weighted by atomic mass is 16.4. The van der Waals surface area contributed by atoms with Crippen molar-refractivity contribution in [3.63, 3.8) is 0 Å². The van der Waals surface area contributed by atoms with E-state index in [1.807, 2.05) is 6.07 Å². The van der Waals surface area contributed by atoms with Crippen LogP contribution in [-0.2, 0) is 6.42 Å². The molecule has 0 bridgehead atoms. The van der Waals surface area contributed by atoms with Gasteiger partial charge in [-0.3, -0.25) is 0 Å². The Morgan fingerprint density at radius 2 is 2.10 bits per heavy atom. The molecule has 2 N–H and O–H groups in total. The van der Waals surface area contributed by atoms with Gasteiger partial charge < -0.3 is 15.3 Å². The van der Waals surface area contributed by atoms with Gasteiger partial charge in [0.25, 0.3) is 0 Å². The molecular weight excluding hydrogens is 268 g/mol. The number of benzene rings is 1. The van der Waals surface area contributed by atoms with Crippen LogP contribution in [0, 0.1) is 5.92 Å². The molecule has 1 unspecified atom stereocenters. The van der Waals surface area contributed by atoms with Crippen LogP contribution in [0.1, 0.15) is 36.2 Å². The molecule has 0 radical (unpaired) electrons. The lowest BCUT2D eigenvalue weighted by molar-refractivity contribution is 0.0696. The lowest BCUT2D eigenvalue weighted by atomic mass is 10.1. The summed E-state index contributed by atoms with van der Waals surface area (Å²) < 4.78 is 0. The number of nitrogens with zero attached hydrogens (tertiary/aromatic N) is 1. The average Bonchev–Trinajstić information content (AvgIpc) is 2.47. The van der Waals surface area contributed by atoms with Crippen molar-refractivity contribution in [2.75, 3.05) is 20.1 Å². The predicted molar refractivity (Wildman–Crippen MR) is 82.6 cm³/mol. The summed E-state index contributed by atoms with van der Waals surface area (Å²) in [5.41, 5.74) is 1.17.